The molecule has 290 valence electrons. The number of H-pyrrole nitrogens is 2. The van der Waals surface area contributed by atoms with Crippen molar-refractivity contribution in [2.75, 3.05) is 13.2 Å². The number of carboxylic acid groups (broad SMARTS) is 2. The number of allylic oxidation sites excluding steroid dienone is 4. The smallest absolute Gasteiger partial charge is 0.303 e. The zero-order valence-electron chi connectivity index (χ0n) is 33.4. The molecule has 0 fully saturated rings. The van der Waals surface area contributed by atoms with Crippen LogP contribution in [0.5, 0.6) is 0 Å². The van der Waals surface area contributed by atoms with Crippen molar-refractivity contribution in [2.45, 2.75) is 132 Å². The topological polar surface area (TPSA) is 150 Å². The quantitative estimate of drug-likeness (QED) is 0.0942. The van der Waals surface area contributed by atoms with Crippen molar-refractivity contribution in [3.05, 3.63) is 69.3 Å². The van der Waals surface area contributed by atoms with Gasteiger partial charge < -0.3 is 29.7 Å². The monoisotopic (exact) mass is 738 g/mol. The summed E-state index contributed by atoms with van der Waals surface area (Å²) in [5.41, 5.74) is 14.2. The number of rotatable bonds is 18. The lowest BCUT2D eigenvalue weighted by molar-refractivity contribution is -0.137. The molecule has 2 atom stereocenters. The SMILES string of the molecule is CCCCCOC(C)c1c(C)c2cc3[nH]c(cc4nc(cc5nc(cc1[nH]2)C(C)=C5CCC(=O)O)C(CCC(=O)O)=C4C)c(C)c3C(C)OCCCCC. The Morgan fingerprint density at radius 2 is 1.02 bits per heavy atom. The van der Waals surface area contributed by atoms with E-state index in [-0.39, 0.29) is 25.0 Å². The zero-order valence-corrected chi connectivity index (χ0v) is 33.4. The van der Waals surface area contributed by atoms with Gasteiger partial charge >= 0.3 is 11.9 Å². The first-order valence-corrected chi connectivity index (χ1v) is 19.7. The molecule has 2 aliphatic rings. The van der Waals surface area contributed by atoms with Crippen molar-refractivity contribution in [3.63, 3.8) is 0 Å². The van der Waals surface area contributed by atoms with Gasteiger partial charge in [-0.3, -0.25) is 9.59 Å². The molecule has 54 heavy (non-hydrogen) atoms. The predicted octanol–water partition coefficient (Wildman–Crippen LogP) is 11.1. The molecule has 10 heteroatoms. The maximum atomic E-state index is 11.8. The highest BCUT2D eigenvalue weighted by atomic mass is 16.5. The van der Waals surface area contributed by atoms with Crippen molar-refractivity contribution < 1.29 is 29.3 Å². The third-order valence-corrected chi connectivity index (χ3v) is 10.9. The molecule has 0 radical (unpaired) electrons. The van der Waals surface area contributed by atoms with Crippen LogP contribution in [0.2, 0.25) is 0 Å². The fraction of sp³-hybridized carbons (Fsp3) is 0.500. The lowest BCUT2D eigenvalue weighted by atomic mass is 9.98. The summed E-state index contributed by atoms with van der Waals surface area (Å²) in [5.74, 6) is -1.77. The van der Waals surface area contributed by atoms with Crippen LogP contribution < -0.4 is 0 Å². The fourth-order valence-electron chi connectivity index (χ4n) is 7.68. The summed E-state index contributed by atoms with van der Waals surface area (Å²) in [7, 11) is 0. The van der Waals surface area contributed by atoms with Gasteiger partial charge in [0, 0.05) is 59.2 Å². The number of aromatic nitrogens is 4. The lowest BCUT2D eigenvalue weighted by Gasteiger charge is -2.14. The molecule has 0 aromatic carbocycles. The number of nitrogens with zero attached hydrogens (tertiary/aromatic N) is 2. The Bertz CT molecular complexity index is 2100. The second-order valence-corrected chi connectivity index (χ2v) is 14.8. The molecular formula is C44H58N4O6. The molecule has 2 unspecified atom stereocenters. The van der Waals surface area contributed by atoms with Crippen LogP contribution in [0.4, 0.5) is 0 Å². The molecule has 0 aliphatic carbocycles. The normalized spacial score (nSPS) is 14.2. The minimum atomic E-state index is -0.885. The standard InChI is InChI=1S/C44H58N4O6/c1-9-11-13-19-53-29(7)43-27(5)35-21-33-25(3)31(15-17-41(49)50)37(45-33)24-38-32(16-18-42(51)52)26(4)34(46-38)22-39-44(30(8)54-20-14-12-10-2)28(6)36(48-39)23-40(43)47-35/h21-24,29-30,47-48H,9-20H2,1-8H3,(H,49,50)(H,51,52). The molecule has 3 aromatic rings. The minimum Gasteiger partial charge on any atom is -0.481 e. The van der Waals surface area contributed by atoms with Gasteiger partial charge in [-0.2, -0.15) is 0 Å². The molecule has 10 nitrogen and oxygen atoms in total. The highest BCUT2D eigenvalue weighted by molar-refractivity contribution is 5.96. The molecule has 4 N–H and O–H groups in total. The van der Waals surface area contributed by atoms with Crippen LogP contribution in [0, 0.1) is 13.8 Å². The van der Waals surface area contributed by atoms with E-state index in [0.717, 1.165) is 117 Å². The Labute approximate surface area is 319 Å². The van der Waals surface area contributed by atoms with Gasteiger partial charge in [-0.1, -0.05) is 39.5 Å². The van der Waals surface area contributed by atoms with Crippen LogP contribution in [0.25, 0.3) is 44.4 Å². The van der Waals surface area contributed by atoms with Crippen LogP contribution in [-0.4, -0.2) is 55.3 Å². The van der Waals surface area contributed by atoms with Gasteiger partial charge in [-0.15, -0.1) is 0 Å². The predicted molar refractivity (Wildman–Crippen MR) is 217 cm³/mol. The Balaban J connectivity index is 1.86. The number of aryl methyl sites for hydroxylation is 2. The van der Waals surface area contributed by atoms with Gasteiger partial charge in [0.05, 0.1) is 35.0 Å². The molecule has 2 aliphatic heterocycles. The number of hydrogen-bond acceptors (Lipinski definition) is 6. The van der Waals surface area contributed by atoms with Crippen LogP contribution in [0.15, 0.2) is 24.3 Å². The van der Waals surface area contributed by atoms with Crippen molar-refractivity contribution in [3.8, 4) is 0 Å². The first-order valence-electron chi connectivity index (χ1n) is 19.7. The van der Waals surface area contributed by atoms with Gasteiger partial charge in [-0.25, -0.2) is 9.97 Å². The summed E-state index contributed by atoms with van der Waals surface area (Å²) < 4.78 is 12.9. The number of fused-ring (bicyclic) bond motifs is 8. The first kappa shape index (κ1) is 40.6. The highest BCUT2D eigenvalue weighted by Gasteiger charge is 2.24. The summed E-state index contributed by atoms with van der Waals surface area (Å²) in [6, 6.07) is 8.16. The van der Waals surface area contributed by atoms with E-state index in [0.29, 0.717) is 37.4 Å². The van der Waals surface area contributed by atoms with Crippen LogP contribution in [0.1, 0.15) is 163 Å². The van der Waals surface area contributed by atoms with E-state index < -0.39 is 11.9 Å². The molecule has 0 spiro atoms. The Kier molecular flexibility index (Phi) is 13.7. The third-order valence-electron chi connectivity index (χ3n) is 10.9. The molecule has 0 amide bonds. The minimum absolute atomic E-state index is 0.0430. The first-order chi connectivity index (χ1) is 25.8. The number of carbonyl (C=O) groups is 2. The van der Waals surface area contributed by atoms with Crippen molar-refractivity contribution in [1.29, 1.82) is 0 Å². The van der Waals surface area contributed by atoms with E-state index in [4.69, 9.17) is 19.4 Å². The fourth-order valence-corrected chi connectivity index (χ4v) is 7.68. The lowest BCUT2D eigenvalue weighted by Crippen LogP contribution is -2.03. The molecule has 0 saturated carbocycles. The van der Waals surface area contributed by atoms with Crippen LogP contribution in [0.3, 0.4) is 0 Å². The number of aromatic amines is 2. The largest absolute Gasteiger partial charge is 0.481 e. The Hall–Kier alpha value is -4.54. The number of unbranched alkanes of at least 4 members (excludes halogenated alkanes) is 4. The van der Waals surface area contributed by atoms with E-state index in [9.17, 15) is 19.8 Å². The van der Waals surface area contributed by atoms with E-state index >= 15 is 0 Å². The third kappa shape index (κ3) is 9.21. The van der Waals surface area contributed by atoms with Crippen molar-refractivity contribution in [1.82, 2.24) is 19.9 Å². The van der Waals surface area contributed by atoms with E-state index in [2.05, 4.69) is 57.6 Å². The second-order valence-electron chi connectivity index (χ2n) is 14.8. The van der Waals surface area contributed by atoms with E-state index in [1.165, 1.54) is 0 Å². The molecule has 5 rings (SSSR count). The zero-order chi connectivity index (χ0) is 39.1. The molecule has 5 heterocycles. The number of nitrogens with one attached hydrogen (secondary N) is 2. The van der Waals surface area contributed by atoms with Gasteiger partial charge in [0.2, 0.25) is 0 Å². The Morgan fingerprint density at radius 3 is 1.44 bits per heavy atom. The number of ether oxygens (including phenoxy) is 2. The summed E-state index contributed by atoms with van der Waals surface area (Å²) in [5, 5.41) is 19.3. The van der Waals surface area contributed by atoms with Gasteiger partial charge in [0.25, 0.3) is 0 Å². The molecule has 3 aromatic heterocycles. The second kappa shape index (κ2) is 18.2. The van der Waals surface area contributed by atoms with Crippen LogP contribution >= 0.6 is 0 Å². The van der Waals surface area contributed by atoms with Crippen molar-refractivity contribution >= 4 is 56.3 Å². The van der Waals surface area contributed by atoms with Crippen LogP contribution in [-0.2, 0) is 19.1 Å². The van der Waals surface area contributed by atoms with E-state index in [1.54, 1.807) is 0 Å². The van der Waals surface area contributed by atoms with Gasteiger partial charge in [0.15, 0.2) is 0 Å². The maximum Gasteiger partial charge on any atom is 0.303 e. The van der Waals surface area contributed by atoms with E-state index in [1.807, 2.05) is 32.0 Å². The highest BCUT2D eigenvalue weighted by Crippen LogP contribution is 2.39. The summed E-state index contributed by atoms with van der Waals surface area (Å²) in [6.45, 7) is 18.1. The molecular weight excluding hydrogens is 681 g/mol. The number of carboxylic acids is 2. The molecule has 0 saturated heterocycles. The molecule has 8 bridgehead atoms. The summed E-state index contributed by atoms with van der Waals surface area (Å²) >= 11 is 0. The van der Waals surface area contributed by atoms with Crippen molar-refractivity contribution in [2.24, 2.45) is 0 Å². The maximum absolute atomic E-state index is 11.8. The average Bonchev–Trinajstić information content (AvgIpc) is 3.79. The number of hydrogen-bond donors (Lipinski definition) is 4. The summed E-state index contributed by atoms with van der Waals surface area (Å²) in [6.07, 6.45) is 6.61. The van der Waals surface area contributed by atoms with Gasteiger partial charge in [-0.05, 0) is 125 Å². The average molecular weight is 739 g/mol. The van der Waals surface area contributed by atoms with Gasteiger partial charge in [0.1, 0.15) is 0 Å². The Morgan fingerprint density at radius 1 is 0.611 bits per heavy atom. The number of aliphatic carboxylic acids is 2. The summed E-state index contributed by atoms with van der Waals surface area (Å²) in [4.78, 5) is 41.2.